The number of rotatable bonds is 5. The minimum absolute atomic E-state index is 0.895. The number of nitrogens with zero attached hydrogens (tertiary/aromatic N) is 2. The third-order valence-corrected chi connectivity index (χ3v) is 4.11. The summed E-state index contributed by atoms with van der Waals surface area (Å²) in [5.41, 5.74) is 3.46. The Balaban J connectivity index is 1.92. The minimum Gasteiger partial charge on any atom is -0.313 e. The molecule has 0 bridgehead atoms. The topological polar surface area (TPSA) is 29.9 Å². The molecular weight excluding hydrogens is 326 g/mol. The fourth-order valence-electron chi connectivity index (χ4n) is 2.41. The highest BCUT2D eigenvalue weighted by molar-refractivity contribution is 9.10. The Morgan fingerprint density at radius 2 is 2.05 bits per heavy atom. The molecule has 1 aromatic heterocycles. The molecule has 1 heterocycles. The van der Waals surface area contributed by atoms with E-state index in [9.17, 15) is 0 Å². The third-order valence-electron chi connectivity index (χ3n) is 3.47. The van der Waals surface area contributed by atoms with Crippen molar-refractivity contribution < 1.29 is 0 Å². The SMILES string of the molecule is CCCNCc1ccc(-n2ncc3ccccc32)c(Br)c1. The summed E-state index contributed by atoms with van der Waals surface area (Å²) in [4.78, 5) is 0. The molecule has 3 nitrogen and oxygen atoms in total. The molecule has 0 spiro atoms. The molecule has 2 aromatic carbocycles. The van der Waals surface area contributed by atoms with E-state index in [0.717, 1.165) is 40.6 Å². The largest absolute Gasteiger partial charge is 0.313 e. The van der Waals surface area contributed by atoms with Crippen LogP contribution in [0.2, 0.25) is 0 Å². The van der Waals surface area contributed by atoms with Crippen molar-refractivity contribution in [2.24, 2.45) is 0 Å². The maximum atomic E-state index is 4.50. The number of aromatic nitrogens is 2. The van der Waals surface area contributed by atoms with Gasteiger partial charge in [0.15, 0.2) is 0 Å². The highest BCUT2D eigenvalue weighted by Gasteiger charge is 2.08. The van der Waals surface area contributed by atoms with Crippen molar-refractivity contribution in [1.29, 1.82) is 0 Å². The lowest BCUT2D eigenvalue weighted by Crippen LogP contribution is -2.13. The van der Waals surface area contributed by atoms with Crippen LogP contribution < -0.4 is 5.32 Å². The van der Waals surface area contributed by atoms with Crippen LogP contribution in [-0.4, -0.2) is 16.3 Å². The van der Waals surface area contributed by atoms with Crippen LogP contribution in [0.1, 0.15) is 18.9 Å². The van der Waals surface area contributed by atoms with Crippen LogP contribution in [0.3, 0.4) is 0 Å². The maximum Gasteiger partial charge on any atom is 0.0795 e. The molecule has 4 heteroatoms. The number of para-hydroxylation sites is 1. The Hall–Kier alpha value is -1.65. The molecule has 0 aliphatic heterocycles. The molecular formula is C17H18BrN3. The van der Waals surface area contributed by atoms with Crippen molar-refractivity contribution >= 4 is 26.8 Å². The number of benzene rings is 2. The van der Waals surface area contributed by atoms with Gasteiger partial charge in [0.1, 0.15) is 0 Å². The first-order valence-electron chi connectivity index (χ1n) is 7.22. The van der Waals surface area contributed by atoms with Crippen molar-refractivity contribution in [3.63, 3.8) is 0 Å². The summed E-state index contributed by atoms with van der Waals surface area (Å²) < 4.78 is 3.04. The number of hydrogen-bond acceptors (Lipinski definition) is 2. The molecule has 0 atom stereocenters. The Morgan fingerprint density at radius 3 is 2.86 bits per heavy atom. The van der Waals surface area contributed by atoms with Crippen LogP contribution in [0.4, 0.5) is 0 Å². The lowest BCUT2D eigenvalue weighted by atomic mass is 10.2. The molecule has 0 aliphatic rings. The zero-order valence-electron chi connectivity index (χ0n) is 12.0. The molecule has 0 unspecified atom stereocenters. The smallest absolute Gasteiger partial charge is 0.0795 e. The minimum atomic E-state index is 0.895. The zero-order valence-corrected chi connectivity index (χ0v) is 13.6. The highest BCUT2D eigenvalue weighted by Crippen LogP contribution is 2.25. The maximum absolute atomic E-state index is 4.50. The van der Waals surface area contributed by atoms with Gasteiger partial charge in [-0.15, -0.1) is 0 Å². The van der Waals surface area contributed by atoms with Gasteiger partial charge in [-0.1, -0.05) is 31.2 Å². The first kappa shape index (κ1) is 14.3. The van der Waals surface area contributed by atoms with Crippen LogP contribution >= 0.6 is 15.9 Å². The first-order chi connectivity index (χ1) is 10.3. The molecule has 3 rings (SSSR count). The lowest BCUT2D eigenvalue weighted by Gasteiger charge is -2.09. The second-order valence-electron chi connectivity index (χ2n) is 5.08. The second kappa shape index (κ2) is 6.41. The molecule has 0 saturated carbocycles. The molecule has 0 amide bonds. The van der Waals surface area contributed by atoms with Gasteiger partial charge in [-0.05, 0) is 52.7 Å². The van der Waals surface area contributed by atoms with E-state index >= 15 is 0 Å². The van der Waals surface area contributed by atoms with Crippen LogP contribution in [0.25, 0.3) is 16.6 Å². The average Bonchev–Trinajstić information content (AvgIpc) is 2.92. The van der Waals surface area contributed by atoms with Crippen molar-refractivity contribution in [2.75, 3.05) is 6.54 Å². The van der Waals surface area contributed by atoms with Gasteiger partial charge >= 0.3 is 0 Å². The van der Waals surface area contributed by atoms with Gasteiger partial charge in [0.2, 0.25) is 0 Å². The summed E-state index contributed by atoms with van der Waals surface area (Å²) in [6.07, 6.45) is 3.05. The van der Waals surface area contributed by atoms with Gasteiger partial charge in [0.25, 0.3) is 0 Å². The quantitative estimate of drug-likeness (QED) is 0.700. The molecule has 0 aliphatic carbocycles. The number of halogens is 1. The molecule has 0 radical (unpaired) electrons. The normalized spacial score (nSPS) is 11.1. The molecule has 21 heavy (non-hydrogen) atoms. The van der Waals surface area contributed by atoms with E-state index in [1.807, 2.05) is 23.0 Å². The van der Waals surface area contributed by atoms with Crippen molar-refractivity contribution in [2.45, 2.75) is 19.9 Å². The summed E-state index contributed by atoms with van der Waals surface area (Å²) in [6.45, 7) is 4.12. The van der Waals surface area contributed by atoms with Crippen molar-refractivity contribution in [3.8, 4) is 5.69 Å². The van der Waals surface area contributed by atoms with Crippen molar-refractivity contribution in [3.05, 3.63) is 58.7 Å². The van der Waals surface area contributed by atoms with Gasteiger partial charge in [-0.25, -0.2) is 4.68 Å². The molecule has 3 aromatic rings. The predicted molar refractivity (Wildman–Crippen MR) is 90.8 cm³/mol. The summed E-state index contributed by atoms with van der Waals surface area (Å²) in [5, 5.41) is 9.07. The zero-order chi connectivity index (χ0) is 14.7. The standard InChI is InChI=1S/C17H18BrN3/c1-2-9-19-11-13-7-8-17(15(18)10-13)21-16-6-4-3-5-14(16)12-20-21/h3-8,10,12,19H,2,9,11H2,1H3. The van der Waals surface area contributed by atoms with Gasteiger partial charge in [0.05, 0.1) is 17.4 Å². The average molecular weight is 344 g/mol. The van der Waals surface area contributed by atoms with E-state index in [1.54, 1.807) is 0 Å². The summed E-state index contributed by atoms with van der Waals surface area (Å²) in [5.74, 6) is 0. The fourth-order valence-corrected chi connectivity index (χ4v) is 3.00. The summed E-state index contributed by atoms with van der Waals surface area (Å²) in [6, 6.07) is 14.7. The third kappa shape index (κ3) is 3.01. The molecule has 0 saturated heterocycles. The Kier molecular flexibility index (Phi) is 4.36. The van der Waals surface area contributed by atoms with Crippen LogP contribution in [0, 0.1) is 0 Å². The number of fused-ring (bicyclic) bond motifs is 1. The van der Waals surface area contributed by atoms with E-state index in [0.29, 0.717) is 0 Å². The first-order valence-corrected chi connectivity index (χ1v) is 8.01. The molecule has 108 valence electrons. The van der Waals surface area contributed by atoms with E-state index < -0.39 is 0 Å². The Morgan fingerprint density at radius 1 is 1.19 bits per heavy atom. The van der Waals surface area contributed by atoms with E-state index in [-0.39, 0.29) is 0 Å². The van der Waals surface area contributed by atoms with Crippen LogP contribution in [-0.2, 0) is 6.54 Å². The van der Waals surface area contributed by atoms with Crippen LogP contribution in [0.5, 0.6) is 0 Å². The Bertz CT molecular complexity index is 749. The number of nitrogens with one attached hydrogen (secondary N) is 1. The summed E-state index contributed by atoms with van der Waals surface area (Å²) in [7, 11) is 0. The molecule has 0 fully saturated rings. The van der Waals surface area contributed by atoms with Crippen molar-refractivity contribution in [1.82, 2.24) is 15.1 Å². The van der Waals surface area contributed by atoms with E-state index in [2.05, 4.69) is 63.6 Å². The predicted octanol–water partition coefficient (Wildman–Crippen LogP) is 4.29. The van der Waals surface area contributed by atoms with Gasteiger partial charge in [-0.3, -0.25) is 0 Å². The molecule has 1 N–H and O–H groups in total. The van der Waals surface area contributed by atoms with Crippen LogP contribution in [0.15, 0.2) is 53.1 Å². The van der Waals surface area contributed by atoms with E-state index in [4.69, 9.17) is 0 Å². The highest BCUT2D eigenvalue weighted by atomic mass is 79.9. The second-order valence-corrected chi connectivity index (χ2v) is 5.93. The number of hydrogen-bond donors (Lipinski definition) is 1. The van der Waals surface area contributed by atoms with Gasteiger partial charge < -0.3 is 5.32 Å². The van der Waals surface area contributed by atoms with E-state index in [1.165, 1.54) is 5.56 Å². The van der Waals surface area contributed by atoms with Gasteiger partial charge in [-0.2, -0.15) is 5.10 Å². The lowest BCUT2D eigenvalue weighted by molar-refractivity contribution is 0.675. The summed E-state index contributed by atoms with van der Waals surface area (Å²) >= 11 is 3.67. The van der Waals surface area contributed by atoms with Gasteiger partial charge in [0, 0.05) is 16.4 Å². The monoisotopic (exact) mass is 343 g/mol. The Labute approximate surface area is 133 Å². The fraction of sp³-hybridized carbons (Fsp3) is 0.235.